The Balaban J connectivity index is 2.51. The molecule has 5 heteroatoms. The van der Waals surface area contributed by atoms with Gasteiger partial charge in [0.1, 0.15) is 0 Å². The summed E-state index contributed by atoms with van der Waals surface area (Å²) in [4.78, 5) is 0. The molecule has 4 nitrogen and oxygen atoms in total. The van der Waals surface area contributed by atoms with E-state index >= 15 is 0 Å². The SMILES string of the molecule is CCS(=O)(=O)N[C@H]1CN[C@H](C#CC(C)(C)C)C1. The molecule has 0 amide bonds. The quantitative estimate of drug-likeness (QED) is 0.733. The Hall–Kier alpha value is -0.570. The third kappa shape index (κ3) is 5.53. The topological polar surface area (TPSA) is 58.2 Å². The number of hydrogen-bond acceptors (Lipinski definition) is 3. The molecular formula is C12H22N2O2S. The lowest BCUT2D eigenvalue weighted by Crippen LogP contribution is -2.37. The van der Waals surface area contributed by atoms with Crippen molar-refractivity contribution in [2.45, 2.75) is 46.2 Å². The molecular weight excluding hydrogens is 236 g/mol. The van der Waals surface area contributed by atoms with E-state index in [1.807, 2.05) is 0 Å². The van der Waals surface area contributed by atoms with Crippen molar-refractivity contribution in [3.05, 3.63) is 0 Å². The van der Waals surface area contributed by atoms with Gasteiger partial charge in [-0.25, -0.2) is 13.1 Å². The van der Waals surface area contributed by atoms with Crippen LogP contribution < -0.4 is 10.0 Å². The van der Waals surface area contributed by atoms with Crippen LogP contribution in [0.4, 0.5) is 0 Å². The molecule has 2 N–H and O–H groups in total. The van der Waals surface area contributed by atoms with E-state index in [1.54, 1.807) is 6.92 Å². The largest absolute Gasteiger partial charge is 0.302 e. The van der Waals surface area contributed by atoms with Gasteiger partial charge in [-0.3, -0.25) is 0 Å². The van der Waals surface area contributed by atoms with E-state index < -0.39 is 10.0 Å². The molecule has 0 spiro atoms. The monoisotopic (exact) mass is 258 g/mol. The van der Waals surface area contributed by atoms with Gasteiger partial charge in [-0.05, 0) is 34.1 Å². The zero-order valence-corrected chi connectivity index (χ0v) is 11.8. The molecule has 0 aromatic rings. The molecule has 0 saturated carbocycles. The minimum Gasteiger partial charge on any atom is -0.302 e. The predicted octanol–water partition coefficient (Wildman–Crippen LogP) is 0.706. The average Bonchev–Trinajstić information content (AvgIpc) is 2.61. The van der Waals surface area contributed by atoms with Crippen LogP contribution in [0.15, 0.2) is 0 Å². The van der Waals surface area contributed by atoms with Crippen LogP contribution in [0.1, 0.15) is 34.1 Å². The minimum atomic E-state index is -3.11. The van der Waals surface area contributed by atoms with Crippen molar-refractivity contribution >= 4 is 10.0 Å². The normalized spacial score (nSPS) is 25.4. The van der Waals surface area contributed by atoms with E-state index in [2.05, 4.69) is 42.7 Å². The maximum Gasteiger partial charge on any atom is 0.211 e. The fourth-order valence-electron chi connectivity index (χ4n) is 1.58. The second-order valence-electron chi connectivity index (χ2n) is 5.43. The Bertz CT molecular complexity index is 412. The van der Waals surface area contributed by atoms with Crippen LogP contribution in [0.5, 0.6) is 0 Å². The van der Waals surface area contributed by atoms with Crippen molar-refractivity contribution in [1.82, 2.24) is 10.0 Å². The highest BCUT2D eigenvalue weighted by molar-refractivity contribution is 7.89. The molecule has 1 rings (SSSR count). The zero-order valence-electron chi connectivity index (χ0n) is 11.0. The van der Waals surface area contributed by atoms with Crippen molar-refractivity contribution in [2.75, 3.05) is 12.3 Å². The van der Waals surface area contributed by atoms with Gasteiger partial charge in [0.2, 0.25) is 10.0 Å². The van der Waals surface area contributed by atoms with Crippen molar-refractivity contribution in [3.8, 4) is 11.8 Å². The summed E-state index contributed by atoms with van der Waals surface area (Å²) in [6, 6.07) is 0.0676. The summed E-state index contributed by atoms with van der Waals surface area (Å²) in [6.07, 6.45) is 0.738. The Morgan fingerprint density at radius 3 is 2.59 bits per heavy atom. The van der Waals surface area contributed by atoms with Gasteiger partial charge in [0.15, 0.2) is 0 Å². The van der Waals surface area contributed by atoms with Crippen molar-refractivity contribution in [1.29, 1.82) is 0 Å². The smallest absolute Gasteiger partial charge is 0.211 e. The van der Waals surface area contributed by atoms with E-state index in [1.165, 1.54) is 0 Å². The lowest BCUT2D eigenvalue weighted by Gasteiger charge is -2.10. The molecule has 2 atom stereocenters. The van der Waals surface area contributed by atoms with Crippen LogP contribution in [0, 0.1) is 17.3 Å². The summed E-state index contributed by atoms with van der Waals surface area (Å²) >= 11 is 0. The van der Waals surface area contributed by atoms with E-state index in [9.17, 15) is 8.42 Å². The lowest BCUT2D eigenvalue weighted by molar-refractivity contribution is 0.559. The minimum absolute atomic E-state index is 0.0112. The van der Waals surface area contributed by atoms with Crippen molar-refractivity contribution in [3.63, 3.8) is 0 Å². The fraction of sp³-hybridized carbons (Fsp3) is 0.833. The van der Waals surface area contributed by atoms with Crippen LogP contribution in [0.2, 0.25) is 0 Å². The van der Waals surface area contributed by atoms with Gasteiger partial charge in [-0.15, -0.1) is 0 Å². The van der Waals surface area contributed by atoms with E-state index in [-0.39, 0.29) is 23.3 Å². The first-order valence-corrected chi connectivity index (χ1v) is 7.63. The maximum atomic E-state index is 11.4. The highest BCUT2D eigenvalue weighted by Gasteiger charge is 2.25. The van der Waals surface area contributed by atoms with E-state index in [4.69, 9.17) is 0 Å². The van der Waals surface area contributed by atoms with Gasteiger partial charge in [0.05, 0.1) is 11.8 Å². The highest BCUT2D eigenvalue weighted by atomic mass is 32.2. The molecule has 0 unspecified atom stereocenters. The highest BCUT2D eigenvalue weighted by Crippen LogP contribution is 2.12. The zero-order chi connectivity index (χ0) is 13.1. The van der Waals surface area contributed by atoms with Gasteiger partial charge in [0, 0.05) is 18.0 Å². The Morgan fingerprint density at radius 2 is 2.06 bits per heavy atom. The van der Waals surface area contributed by atoms with Crippen LogP contribution in [0.3, 0.4) is 0 Å². The second-order valence-corrected chi connectivity index (χ2v) is 7.48. The van der Waals surface area contributed by atoms with Gasteiger partial charge < -0.3 is 5.32 Å². The molecule has 1 aliphatic heterocycles. The van der Waals surface area contributed by atoms with Crippen molar-refractivity contribution < 1.29 is 8.42 Å². The van der Waals surface area contributed by atoms with Crippen LogP contribution in [0.25, 0.3) is 0 Å². The number of rotatable bonds is 3. The first-order chi connectivity index (χ1) is 7.72. The predicted molar refractivity (Wildman–Crippen MR) is 70.0 cm³/mol. The number of nitrogens with one attached hydrogen (secondary N) is 2. The average molecular weight is 258 g/mol. The Kier molecular flexibility index (Phi) is 4.59. The first kappa shape index (κ1) is 14.5. The molecule has 1 fully saturated rings. The van der Waals surface area contributed by atoms with Gasteiger partial charge in [-0.1, -0.05) is 11.8 Å². The summed E-state index contributed by atoms with van der Waals surface area (Å²) in [5.74, 6) is 6.46. The van der Waals surface area contributed by atoms with E-state index in [0.29, 0.717) is 6.54 Å². The second kappa shape index (κ2) is 5.38. The summed E-state index contributed by atoms with van der Waals surface area (Å²) < 4.78 is 25.5. The summed E-state index contributed by atoms with van der Waals surface area (Å²) in [7, 11) is -3.11. The molecule has 0 aliphatic carbocycles. The Labute approximate surface area is 105 Å². The van der Waals surface area contributed by atoms with Crippen LogP contribution >= 0.6 is 0 Å². The molecule has 0 aromatic heterocycles. The van der Waals surface area contributed by atoms with Gasteiger partial charge in [-0.2, -0.15) is 0 Å². The van der Waals surface area contributed by atoms with Crippen LogP contribution in [-0.2, 0) is 10.0 Å². The molecule has 0 bridgehead atoms. The molecule has 1 heterocycles. The molecule has 0 radical (unpaired) electrons. The standard InChI is InChI=1S/C12H22N2O2S/c1-5-17(15,16)14-11-8-10(13-9-11)6-7-12(2,3)4/h10-11,13-14H,5,8-9H2,1-4H3/t10-,11-/m1/s1. The Morgan fingerprint density at radius 1 is 1.41 bits per heavy atom. The summed E-state index contributed by atoms with van der Waals surface area (Å²) in [5.41, 5.74) is -0.0112. The molecule has 1 saturated heterocycles. The van der Waals surface area contributed by atoms with Gasteiger partial charge in [0.25, 0.3) is 0 Å². The van der Waals surface area contributed by atoms with Crippen molar-refractivity contribution in [2.24, 2.45) is 5.41 Å². The molecule has 0 aromatic carbocycles. The molecule has 98 valence electrons. The van der Waals surface area contributed by atoms with Crippen LogP contribution in [-0.4, -0.2) is 32.8 Å². The lowest BCUT2D eigenvalue weighted by atomic mass is 9.97. The maximum absolute atomic E-state index is 11.4. The summed E-state index contributed by atoms with van der Waals surface area (Å²) in [6.45, 7) is 8.48. The molecule has 17 heavy (non-hydrogen) atoms. The first-order valence-electron chi connectivity index (χ1n) is 5.98. The summed E-state index contributed by atoms with van der Waals surface area (Å²) in [5, 5.41) is 3.23. The third-order valence-electron chi connectivity index (χ3n) is 2.48. The fourth-order valence-corrected chi connectivity index (χ4v) is 2.43. The molecule has 1 aliphatic rings. The third-order valence-corrected chi connectivity index (χ3v) is 3.93. The number of hydrogen-bond donors (Lipinski definition) is 2. The number of sulfonamides is 1. The van der Waals surface area contributed by atoms with Gasteiger partial charge >= 0.3 is 0 Å². The van der Waals surface area contributed by atoms with E-state index in [0.717, 1.165) is 6.42 Å².